The SMILES string of the molecule is Cc1cccc(C(=O)NC(C(=O)Nc2cccc(CCC(=O)O)c2)C(C)C)c1. The fourth-order valence-corrected chi connectivity index (χ4v) is 2.82. The van der Waals surface area contributed by atoms with E-state index in [4.69, 9.17) is 5.11 Å². The Balaban J connectivity index is 2.07. The third kappa shape index (κ3) is 6.23. The second kappa shape index (κ2) is 9.69. The number of carboxylic acids is 1. The number of hydrogen-bond donors (Lipinski definition) is 3. The standard InChI is InChI=1S/C22H26N2O4/c1-14(2)20(24-21(27)17-8-4-6-15(3)12-17)22(28)23-18-9-5-7-16(13-18)10-11-19(25)26/h4-9,12-14,20H,10-11H2,1-3H3,(H,23,28)(H,24,27)(H,25,26). The molecule has 3 N–H and O–H groups in total. The van der Waals surface area contributed by atoms with E-state index >= 15 is 0 Å². The molecule has 0 spiro atoms. The summed E-state index contributed by atoms with van der Waals surface area (Å²) in [5.74, 6) is -1.59. The molecule has 2 aromatic carbocycles. The van der Waals surface area contributed by atoms with E-state index < -0.39 is 12.0 Å². The van der Waals surface area contributed by atoms with Crippen molar-refractivity contribution < 1.29 is 19.5 Å². The van der Waals surface area contributed by atoms with Gasteiger partial charge in [-0.2, -0.15) is 0 Å². The van der Waals surface area contributed by atoms with Crippen molar-refractivity contribution in [2.45, 2.75) is 39.7 Å². The van der Waals surface area contributed by atoms with Crippen molar-refractivity contribution in [3.63, 3.8) is 0 Å². The largest absolute Gasteiger partial charge is 0.481 e. The Labute approximate surface area is 165 Å². The maximum atomic E-state index is 12.7. The molecule has 0 bridgehead atoms. The molecule has 0 fully saturated rings. The lowest BCUT2D eigenvalue weighted by molar-refractivity contribution is -0.137. The number of carbonyl (C=O) groups excluding carboxylic acids is 2. The van der Waals surface area contributed by atoms with Gasteiger partial charge < -0.3 is 15.7 Å². The number of carboxylic acid groups (broad SMARTS) is 1. The van der Waals surface area contributed by atoms with Crippen molar-refractivity contribution in [3.8, 4) is 0 Å². The van der Waals surface area contributed by atoms with Gasteiger partial charge in [0.05, 0.1) is 0 Å². The number of aryl methyl sites for hydroxylation is 2. The van der Waals surface area contributed by atoms with Gasteiger partial charge in [0.1, 0.15) is 6.04 Å². The highest BCUT2D eigenvalue weighted by Gasteiger charge is 2.25. The Morgan fingerprint density at radius 2 is 1.75 bits per heavy atom. The fraction of sp³-hybridized carbons (Fsp3) is 0.318. The Morgan fingerprint density at radius 3 is 2.39 bits per heavy atom. The molecular weight excluding hydrogens is 356 g/mol. The van der Waals surface area contributed by atoms with Gasteiger partial charge in [-0.25, -0.2) is 0 Å². The van der Waals surface area contributed by atoms with Gasteiger partial charge in [-0.1, -0.05) is 43.7 Å². The average molecular weight is 382 g/mol. The van der Waals surface area contributed by atoms with Crippen molar-refractivity contribution in [1.29, 1.82) is 0 Å². The molecule has 2 rings (SSSR count). The first-order chi connectivity index (χ1) is 13.3. The number of carbonyl (C=O) groups is 3. The number of rotatable bonds is 8. The Bertz CT molecular complexity index is 861. The zero-order valence-corrected chi connectivity index (χ0v) is 16.4. The van der Waals surface area contributed by atoms with Crippen LogP contribution in [0.3, 0.4) is 0 Å². The van der Waals surface area contributed by atoms with E-state index in [-0.39, 0.29) is 24.2 Å². The van der Waals surface area contributed by atoms with E-state index in [0.29, 0.717) is 17.7 Å². The van der Waals surface area contributed by atoms with Crippen molar-refractivity contribution in [1.82, 2.24) is 5.32 Å². The first kappa shape index (κ1) is 21.2. The van der Waals surface area contributed by atoms with Gasteiger partial charge in [-0.15, -0.1) is 0 Å². The van der Waals surface area contributed by atoms with E-state index in [1.54, 1.807) is 36.4 Å². The summed E-state index contributed by atoms with van der Waals surface area (Å²) in [7, 11) is 0. The van der Waals surface area contributed by atoms with Gasteiger partial charge in [-0.3, -0.25) is 14.4 Å². The molecule has 6 nitrogen and oxygen atoms in total. The van der Waals surface area contributed by atoms with Gasteiger partial charge in [0.25, 0.3) is 5.91 Å². The third-order valence-electron chi connectivity index (χ3n) is 4.34. The lowest BCUT2D eigenvalue weighted by Crippen LogP contribution is -2.47. The number of nitrogens with one attached hydrogen (secondary N) is 2. The Hall–Kier alpha value is -3.15. The van der Waals surface area contributed by atoms with Crippen molar-refractivity contribution >= 4 is 23.5 Å². The molecule has 28 heavy (non-hydrogen) atoms. The zero-order chi connectivity index (χ0) is 20.7. The molecule has 0 saturated heterocycles. The maximum Gasteiger partial charge on any atom is 0.303 e. The van der Waals surface area contributed by atoms with Crippen LogP contribution in [0.25, 0.3) is 0 Å². The summed E-state index contributed by atoms with van der Waals surface area (Å²) >= 11 is 0. The quantitative estimate of drug-likeness (QED) is 0.652. The molecule has 0 aliphatic rings. The van der Waals surface area contributed by atoms with Crippen LogP contribution >= 0.6 is 0 Å². The van der Waals surface area contributed by atoms with Crippen LogP contribution in [-0.4, -0.2) is 28.9 Å². The summed E-state index contributed by atoms with van der Waals surface area (Å²) in [5.41, 5.74) is 2.87. The van der Waals surface area contributed by atoms with Gasteiger partial charge in [0, 0.05) is 17.7 Å². The first-order valence-corrected chi connectivity index (χ1v) is 9.25. The molecule has 148 valence electrons. The van der Waals surface area contributed by atoms with Crippen LogP contribution < -0.4 is 10.6 Å². The first-order valence-electron chi connectivity index (χ1n) is 9.25. The van der Waals surface area contributed by atoms with E-state index in [1.807, 2.05) is 32.9 Å². The molecule has 0 aromatic heterocycles. The molecule has 0 saturated carbocycles. The van der Waals surface area contributed by atoms with Crippen molar-refractivity contribution in [3.05, 3.63) is 65.2 Å². The predicted molar refractivity (Wildman–Crippen MR) is 108 cm³/mol. The minimum absolute atomic E-state index is 0.0264. The molecule has 0 heterocycles. The smallest absolute Gasteiger partial charge is 0.303 e. The van der Waals surface area contributed by atoms with Gasteiger partial charge in [0.15, 0.2) is 0 Å². The maximum absolute atomic E-state index is 12.7. The van der Waals surface area contributed by atoms with Crippen LogP contribution in [0.15, 0.2) is 48.5 Å². The monoisotopic (exact) mass is 382 g/mol. The summed E-state index contributed by atoms with van der Waals surface area (Å²) < 4.78 is 0. The molecule has 0 radical (unpaired) electrons. The van der Waals surface area contributed by atoms with Crippen molar-refractivity contribution in [2.24, 2.45) is 5.92 Å². The van der Waals surface area contributed by atoms with Crippen molar-refractivity contribution in [2.75, 3.05) is 5.32 Å². The van der Waals surface area contributed by atoms with Gasteiger partial charge in [-0.05, 0) is 49.1 Å². The van der Waals surface area contributed by atoms with Gasteiger partial charge >= 0.3 is 5.97 Å². The van der Waals surface area contributed by atoms with Crippen LogP contribution in [0.4, 0.5) is 5.69 Å². The number of hydrogen-bond acceptors (Lipinski definition) is 3. The van der Waals surface area contributed by atoms with Crippen LogP contribution in [-0.2, 0) is 16.0 Å². The minimum atomic E-state index is -0.867. The van der Waals surface area contributed by atoms with E-state index in [2.05, 4.69) is 10.6 Å². The number of anilines is 1. The molecule has 0 aliphatic carbocycles. The lowest BCUT2D eigenvalue weighted by Gasteiger charge is -2.22. The average Bonchev–Trinajstić information content (AvgIpc) is 2.64. The highest BCUT2D eigenvalue weighted by atomic mass is 16.4. The second-order valence-electron chi connectivity index (χ2n) is 7.15. The zero-order valence-electron chi connectivity index (χ0n) is 16.4. The molecule has 2 aromatic rings. The van der Waals surface area contributed by atoms with Crippen LogP contribution in [0.2, 0.25) is 0 Å². The lowest BCUT2D eigenvalue weighted by atomic mass is 10.0. The molecule has 1 atom stereocenters. The van der Waals surface area contributed by atoms with E-state index in [9.17, 15) is 14.4 Å². The summed E-state index contributed by atoms with van der Waals surface area (Å²) in [6, 6.07) is 13.6. The summed E-state index contributed by atoms with van der Waals surface area (Å²) in [5, 5.41) is 14.4. The topological polar surface area (TPSA) is 95.5 Å². The third-order valence-corrected chi connectivity index (χ3v) is 4.34. The Morgan fingerprint density at radius 1 is 1.04 bits per heavy atom. The normalized spacial score (nSPS) is 11.7. The molecule has 0 aliphatic heterocycles. The fourth-order valence-electron chi connectivity index (χ4n) is 2.82. The summed E-state index contributed by atoms with van der Waals surface area (Å²) in [4.78, 5) is 36.0. The molecule has 2 amide bonds. The Kier molecular flexibility index (Phi) is 7.32. The predicted octanol–water partition coefficient (Wildman–Crippen LogP) is 3.41. The second-order valence-corrected chi connectivity index (χ2v) is 7.15. The van der Waals surface area contributed by atoms with Crippen LogP contribution in [0, 0.1) is 12.8 Å². The number of aliphatic carboxylic acids is 1. The molecular formula is C22H26N2O4. The minimum Gasteiger partial charge on any atom is -0.481 e. The molecule has 6 heteroatoms. The summed E-state index contributed by atoms with van der Waals surface area (Å²) in [6.07, 6.45) is 0.412. The van der Waals surface area contributed by atoms with Crippen LogP contribution in [0.5, 0.6) is 0 Å². The highest BCUT2D eigenvalue weighted by Crippen LogP contribution is 2.15. The van der Waals surface area contributed by atoms with E-state index in [1.165, 1.54) is 0 Å². The van der Waals surface area contributed by atoms with Crippen LogP contribution in [0.1, 0.15) is 41.8 Å². The summed E-state index contributed by atoms with van der Waals surface area (Å²) in [6.45, 7) is 5.63. The molecule has 1 unspecified atom stereocenters. The number of benzene rings is 2. The van der Waals surface area contributed by atoms with E-state index in [0.717, 1.165) is 11.1 Å². The van der Waals surface area contributed by atoms with Gasteiger partial charge in [0.2, 0.25) is 5.91 Å². The number of amides is 2. The highest BCUT2D eigenvalue weighted by molar-refractivity contribution is 6.01.